The molecule has 0 aromatic heterocycles. The van der Waals surface area contributed by atoms with Crippen LogP contribution in [0, 0.1) is 5.92 Å². The number of nitrogens with zero attached hydrogens (tertiary/aromatic N) is 1. The van der Waals surface area contributed by atoms with Crippen LogP contribution >= 0.6 is 11.8 Å². The Hall–Kier alpha value is -3.13. The number of piperidine rings is 1. The van der Waals surface area contributed by atoms with Gasteiger partial charge in [-0.3, -0.25) is 4.79 Å². The smallest absolute Gasteiger partial charge is 0.243 e. The Kier molecular flexibility index (Phi) is 6.90. The average molecular weight is 503 g/mol. The molecule has 7 heteroatoms. The lowest BCUT2D eigenvalue weighted by Crippen LogP contribution is -2.43. The summed E-state index contributed by atoms with van der Waals surface area (Å²) in [5, 5.41) is 4.93. The van der Waals surface area contributed by atoms with E-state index in [1.54, 1.807) is 23.9 Å². The first kappa shape index (κ1) is 23.6. The van der Waals surface area contributed by atoms with Crippen molar-refractivity contribution in [2.45, 2.75) is 27.5 Å². The van der Waals surface area contributed by atoms with Crippen molar-refractivity contribution in [3.05, 3.63) is 97.1 Å². The van der Waals surface area contributed by atoms with Gasteiger partial charge < -0.3 is 5.32 Å². The number of amides is 1. The quantitative estimate of drug-likeness (QED) is 0.350. The summed E-state index contributed by atoms with van der Waals surface area (Å²) >= 11 is 1.58. The lowest BCUT2D eigenvalue weighted by atomic mass is 9.99. The van der Waals surface area contributed by atoms with Crippen LogP contribution in [-0.2, 0) is 14.8 Å². The molecule has 1 aliphatic heterocycles. The van der Waals surface area contributed by atoms with Gasteiger partial charge >= 0.3 is 0 Å². The van der Waals surface area contributed by atoms with Crippen LogP contribution in [0.3, 0.4) is 0 Å². The van der Waals surface area contributed by atoms with Crippen molar-refractivity contribution in [3.63, 3.8) is 0 Å². The zero-order valence-corrected chi connectivity index (χ0v) is 20.8. The third-order valence-corrected chi connectivity index (χ3v) is 9.17. The molecule has 0 spiro atoms. The van der Waals surface area contributed by atoms with Crippen LogP contribution < -0.4 is 5.32 Å². The van der Waals surface area contributed by atoms with Crippen molar-refractivity contribution >= 4 is 44.2 Å². The highest BCUT2D eigenvalue weighted by atomic mass is 32.2. The first-order valence-electron chi connectivity index (χ1n) is 11.6. The van der Waals surface area contributed by atoms with E-state index < -0.39 is 15.9 Å². The standard InChI is InChI=1S/C28H26N2O3S2/c31-28(29-26-14-6-7-15-27(26)34-24-12-2-1-3-13-24)23-11-8-18-30(20-23)35(32,33)25-17-16-21-9-4-5-10-22(21)19-25/h1-7,9-10,12-17,19,23H,8,11,18,20H2,(H,29,31)/t23-/m1/s1. The molecule has 5 rings (SSSR count). The predicted octanol–water partition coefficient (Wildman–Crippen LogP) is 6.03. The summed E-state index contributed by atoms with van der Waals surface area (Å²) in [7, 11) is -3.69. The van der Waals surface area contributed by atoms with Crippen LogP contribution in [0.5, 0.6) is 0 Å². The molecule has 35 heavy (non-hydrogen) atoms. The molecule has 1 amide bonds. The minimum Gasteiger partial charge on any atom is -0.325 e. The van der Waals surface area contributed by atoms with Gasteiger partial charge in [0.05, 0.1) is 16.5 Å². The van der Waals surface area contributed by atoms with E-state index in [1.165, 1.54) is 4.31 Å². The second kappa shape index (κ2) is 10.2. The normalized spacial score (nSPS) is 16.7. The molecule has 1 aliphatic rings. The zero-order valence-electron chi connectivity index (χ0n) is 19.1. The number of anilines is 1. The highest BCUT2D eigenvalue weighted by molar-refractivity contribution is 7.99. The topological polar surface area (TPSA) is 66.5 Å². The van der Waals surface area contributed by atoms with Crippen LogP contribution in [0.2, 0.25) is 0 Å². The number of carbonyl (C=O) groups is 1. The van der Waals surface area contributed by atoms with Gasteiger partial charge in [0, 0.05) is 22.9 Å². The van der Waals surface area contributed by atoms with Crippen molar-refractivity contribution in [3.8, 4) is 0 Å². The maximum atomic E-state index is 13.4. The summed E-state index contributed by atoms with van der Waals surface area (Å²) in [6, 6.07) is 30.6. The number of para-hydroxylation sites is 1. The Morgan fingerprint density at radius 3 is 2.40 bits per heavy atom. The fourth-order valence-corrected chi connectivity index (χ4v) is 6.84. The second-order valence-corrected chi connectivity index (χ2v) is 11.7. The number of fused-ring (bicyclic) bond motifs is 1. The fraction of sp³-hybridized carbons (Fsp3) is 0.179. The minimum atomic E-state index is -3.69. The highest BCUT2D eigenvalue weighted by Gasteiger charge is 2.33. The molecule has 1 saturated heterocycles. The predicted molar refractivity (Wildman–Crippen MR) is 141 cm³/mol. The lowest BCUT2D eigenvalue weighted by molar-refractivity contribution is -0.120. The van der Waals surface area contributed by atoms with Crippen molar-refractivity contribution in [2.24, 2.45) is 5.92 Å². The van der Waals surface area contributed by atoms with Gasteiger partial charge in [0.1, 0.15) is 0 Å². The van der Waals surface area contributed by atoms with Gasteiger partial charge in [0.15, 0.2) is 0 Å². The Bertz CT molecular complexity index is 1460. The number of hydrogen-bond acceptors (Lipinski definition) is 4. The van der Waals surface area contributed by atoms with Gasteiger partial charge in [-0.15, -0.1) is 0 Å². The monoisotopic (exact) mass is 502 g/mol. The Labute approximate surface area is 210 Å². The van der Waals surface area contributed by atoms with E-state index in [0.717, 1.165) is 26.3 Å². The highest BCUT2D eigenvalue weighted by Crippen LogP contribution is 2.34. The number of hydrogen-bond donors (Lipinski definition) is 1. The number of rotatable bonds is 6. The third-order valence-electron chi connectivity index (χ3n) is 6.23. The average Bonchev–Trinajstić information content (AvgIpc) is 2.90. The number of carbonyl (C=O) groups excluding carboxylic acids is 1. The first-order valence-corrected chi connectivity index (χ1v) is 13.9. The van der Waals surface area contributed by atoms with Gasteiger partial charge in [-0.25, -0.2) is 8.42 Å². The van der Waals surface area contributed by atoms with Crippen LogP contribution in [0.25, 0.3) is 10.8 Å². The summed E-state index contributed by atoms with van der Waals surface area (Å²) in [6.07, 6.45) is 1.30. The Morgan fingerprint density at radius 2 is 1.57 bits per heavy atom. The van der Waals surface area contributed by atoms with Crippen molar-refractivity contribution in [2.75, 3.05) is 18.4 Å². The molecule has 0 saturated carbocycles. The van der Waals surface area contributed by atoms with E-state index in [1.807, 2.05) is 84.9 Å². The van der Waals surface area contributed by atoms with Crippen LogP contribution in [-0.4, -0.2) is 31.7 Å². The lowest BCUT2D eigenvalue weighted by Gasteiger charge is -2.31. The Balaban J connectivity index is 1.31. The van der Waals surface area contributed by atoms with Crippen LogP contribution in [0.1, 0.15) is 12.8 Å². The molecular weight excluding hydrogens is 476 g/mol. The Morgan fingerprint density at radius 1 is 0.857 bits per heavy atom. The molecule has 1 fully saturated rings. The molecule has 0 radical (unpaired) electrons. The molecule has 1 heterocycles. The fourth-order valence-electron chi connectivity index (χ4n) is 4.36. The maximum absolute atomic E-state index is 13.4. The molecule has 5 nitrogen and oxygen atoms in total. The van der Waals surface area contributed by atoms with Gasteiger partial charge in [-0.05, 0) is 60.0 Å². The van der Waals surface area contributed by atoms with Crippen molar-refractivity contribution < 1.29 is 13.2 Å². The minimum absolute atomic E-state index is 0.149. The summed E-state index contributed by atoms with van der Waals surface area (Å²) in [5.41, 5.74) is 0.737. The molecule has 4 aromatic rings. The molecule has 0 aliphatic carbocycles. The zero-order chi connectivity index (χ0) is 24.3. The third kappa shape index (κ3) is 5.27. The molecule has 178 valence electrons. The largest absolute Gasteiger partial charge is 0.325 e. The van der Waals surface area contributed by atoms with E-state index in [0.29, 0.717) is 19.4 Å². The summed E-state index contributed by atoms with van der Waals surface area (Å²) in [4.78, 5) is 15.5. The van der Waals surface area contributed by atoms with E-state index >= 15 is 0 Å². The number of nitrogens with one attached hydrogen (secondary N) is 1. The van der Waals surface area contributed by atoms with Gasteiger partial charge in [-0.1, -0.05) is 72.4 Å². The second-order valence-electron chi connectivity index (χ2n) is 8.61. The van der Waals surface area contributed by atoms with E-state index in [2.05, 4.69) is 5.32 Å². The molecule has 1 atom stereocenters. The van der Waals surface area contributed by atoms with Crippen molar-refractivity contribution in [1.82, 2.24) is 4.31 Å². The molecule has 0 unspecified atom stereocenters. The first-order chi connectivity index (χ1) is 17.0. The summed E-state index contributed by atoms with van der Waals surface area (Å²) < 4.78 is 28.3. The van der Waals surface area contributed by atoms with Crippen LogP contribution in [0.4, 0.5) is 5.69 Å². The van der Waals surface area contributed by atoms with Crippen molar-refractivity contribution in [1.29, 1.82) is 0 Å². The molecule has 0 bridgehead atoms. The van der Waals surface area contributed by atoms with Gasteiger partial charge in [0.2, 0.25) is 15.9 Å². The van der Waals surface area contributed by atoms with Crippen LogP contribution in [0.15, 0.2) is 112 Å². The summed E-state index contributed by atoms with van der Waals surface area (Å²) in [6.45, 7) is 0.592. The van der Waals surface area contributed by atoms with E-state index in [-0.39, 0.29) is 17.3 Å². The SMILES string of the molecule is O=C(Nc1ccccc1Sc1ccccc1)[C@@H]1CCCN(S(=O)(=O)c2ccc3ccccc3c2)C1. The van der Waals surface area contributed by atoms with E-state index in [4.69, 9.17) is 0 Å². The maximum Gasteiger partial charge on any atom is 0.243 e. The molecule has 4 aromatic carbocycles. The molecular formula is C28H26N2O3S2. The molecule has 1 N–H and O–H groups in total. The van der Waals surface area contributed by atoms with Gasteiger partial charge in [0.25, 0.3) is 0 Å². The number of sulfonamides is 1. The van der Waals surface area contributed by atoms with E-state index in [9.17, 15) is 13.2 Å². The number of benzene rings is 4. The summed E-state index contributed by atoms with van der Waals surface area (Å²) in [5.74, 6) is -0.557. The van der Waals surface area contributed by atoms with Gasteiger partial charge in [-0.2, -0.15) is 4.31 Å².